The number of H-pyrrole nitrogens is 1. The number of carbonyl (C=O) groups is 1. The molecule has 0 aliphatic rings. The molecular weight excluding hydrogens is 522 g/mol. The van der Waals surface area contributed by atoms with Gasteiger partial charge in [0, 0.05) is 35.5 Å². The molecule has 0 spiro atoms. The van der Waals surface area contributed by atoms with Crippen molar-refractivity contribution >= 4 is 16.8 Å². The summed E-state index contributed by atoms with van der Waals surface area (Å²) in [6.45, 7) is 0.571. The summed E-state index contributed by atoms with van der Waals surface area (Å²) in [5, 5.41) is 13.8. The van der Waals surface area contributed by atoms with Gasteiger partial charge < -0.3 is 19.6 Å². The molecule has 1 atom stereocenters. The van der Waals surface area contributed by atoms with Crippen LogP contribution >= 0.6 is 0 Å². The number of hydrogen-bond acceptors (Lipinski definition) is 4. The minimum atomic E-state index is -0.409. The molecule has 4 aromatic carbocycles. The highest BCUT2D eigenvalue weighted by atomic mass is 16.5. The lowest BCUT2D eigenvalue weighted by atomic mass is 10.0. The summed E-state index contributed by atoms with van der Waals surface area (Å²) in [4.78, 5) is 16.9. The number of carbonyl (C=O) groups excluding carboxylic acids is 1. The van der Waals surface area contributed by atoms with Gasteiger partial charge in [-0.25, -0.2) is 0 Å². The van der Waals surface area contributed by atoms with Crippen molar-refractivity contribution in [1.82, 2.24) is 25.1 Å². The molecule has 0 fully saturated rings. The van der Waals surface area contributed by atoms with Crippen molar-refractivity contribution < 1.29 is 9.53 Å². The highest BCUT2D eigenvalue weighted by Gasteiger charge is 2.25. The van der Waals surface area contributed by atoms with Crippen LogP contribution < -0.4 is 10.1 Å². The second-order valence-corrected chi connectivity index (χ2v) is 10.3. The largest absolute Gasteiger partial charge is 0.497 e. The minimum absolute atomic E-state index is 0.148. The van der Waals surface area contributed by atoms with Crippen LogP contribution in [-0.2, 0) is 25.8 Å². The van der Waals surface area contributed by atoms with Gasteiger partial charge in [-0.2, -0.15) is 0 Å². The van der Waals surface area contributed by atoms with E-state index in [0.717, 1.165) is 52.3 Å². The Kier molecular flexibility index (Phi) is 8.08. The van der Waals surface area contributed by atoms with E-state index in [2.05, 4.69) is 68.5 Å². The van der Waals surface area contributed by atoms with E-state index >= 15 is 0 Å². The van der Waals surface area contributed by atoms with Gasteiger partial charge in [-0.3, -0.25) is 4.79 Å². The van der Waals surface area contributed by atoms with Crippen molar-refractivity contribution in [2.24, 2.45) is 0 Å². The van der Waals surface area contributed by atoms with Crippen LogP contribution in [0.2, 0.25) is 0 Å². The van der Waals surface area contributed by atoms with Gasteiger partial charge in [0.1, 0.15) is 11.6 Å². The van der Waals surface area contributed by atoms with Crippen LogP contribution in [0.15, 0.2) is 115 Å². The molecule has 0 bridgehead atoms. The number of aryl methyl sites for hydroxylation is 2. The first-order valence-corrected chi connectivity index (χ1v) is 14.2. The van der Waals surface area contributed by atoms with Crippen molar-refractivity contribution in [1.29, 1.82) is 0 Å². The monoisotopic (exact) mass is 555 g/mol. The van der Waals surface area contributed by atoms with Crippen molar-refractivity contribution in [3.8, 4) is 5.75 Å². The van der Waals surface area contributed by atoms with Crippen LogP contribution in [0.4, 0.5) is 0 Å². The lowest BCUT2D eigenvalue weighted by molar-refractivity contribution is 0.0934. The molecule has 0 radical (unpaired) electrons. The van der Waals surface area contributed by atoms with Gasteiger partial charge in [0.15, 0.2) is 5.82 Å². The Morgan fingerprint density at radius 3 is 2.31 bits per heavy atom. The van der Waals surface area contributed by atoms with Crippen molar-refractivity contribution in [3.63, 3.8) is 0 Å². The molecule has 7 heteroatoms. The molecule has 0 saturated carbocycles. The summed E-state index contributed by atoms with van der Waals surface area (Å²) in [6, 6.07) is 35.5. The number of methoxy groups -OCH3 is 1. The molecule has 0 aliphatic carbocycles. The van der Waals surface area contributed by atoms with E-state index in [-0.39, 0.29) is 5.91 Å². The summed E-state index contributed by atoms with van der Waals surface area (Å²) in [5.41, 5.74) is 5.11. The van der Waals surface area contributed by atoms with E-state index in [0.29, 0.717) is 18.5 Å². The maximum absolute atomic E-state index is 13.5. The predicted molar refractivity (Wildman–Crippen MR) is 165 cm³/mol. The average Bonchev–Trinajstić information content (AvgIpc) is 3.64. The summed E-state index contributed by atoms with van der Waals surface area (Å²) in [6.07, 6.45) is 4.14. The third-order valence-corrected chi connectivity index (χ3v) is 7.59. The maximum Gasteiger partial charge on any atom is 0.251 e. The Morgan fingerprint density at radius 2 is 1.55 bits per heavy atom. The van der Waals surface area contributed by atoms with E-state index in [9.17, 15) is 4.79 Å². The van der Waals surface area contributed by atoms with Crippen LogP contribution in [0.25, 0.3) is 10.9 Å². The minimum Gasteiger partial charge on any atom is -0.497 e. The molecule has 6 rings (SSSR count). The van der Waals surface area contributed by atoms with Gasteiger partial charge >= 0.3 is 0 Å². The number of benzene rings is 4. The van der Waals surface area contributed by atoms with Gasteiger partial charge in [-0.1, -0.05) is 78.9 Å². The van der Waals surface area contributed by atoms with Gasteiger partial charge in [-0.05, 0) is 53.4 Å². The quantitative estimate of drug-likeness (QED) is 0.196. The van der Waals surface area contributed by atoms with Crippen molar-refractivity contribution in [2.75, 3.05) is 7.11 Å². The van der Waals surface area contributed by atoms with Gasteiger partial charge in [0.25, 0.3) is 5.91 Å². The second kappa shape index (κ2) is 12.6. The maximum atomic E-state index is 13.5. The van der Waals surface area contributed by atoms with Crippen molar-refractivity contribution in [2.45, 2.75) is 31.8 Å². The summed E-state index contributed by atoms with van der Waals surface area (Å²) >= 11 is 0. The van der Waals surface area contributed by atoms with Crippen LogP contribution in [0.5, 0.6) is 5.75 Å². The lowest BCUT2D eigenvalue weighted by Crippen LogP contribution is -2.32. The third-order valence-electron chi connectivity index (χ3n) is 7.59. The fourth-order valence-electron chi connectivity index (χ4n) is 5.34. The Hall–Kier alpha value is -5.17. The van der Waals surface area contributed by atoms with Crippen LogP contribution in [0, 0.1) is 0 Å². The summed E-state index contributed by atoms with van der Waals surface area (Å²) < 4.78 is 7.54. The van der Waals surface area contributed by atoms with Crippen LogP contribution in [0.1, 0.15) is 44.7 Å². The van der Waals surface area contributed by atoms with E-state index in [1.165, 1.54) is 5.56 Å². The molecule has 2 N–H and O–H groups in total. The van der Waals surface area contributed by atoms with E-state index in [1.807, 2.05) is 66.9 Å². The molecule has 0 saturated heterocycles. The Labute approximate surface area is 245 Å². The second-order valence-electron chi connectivity index (χ2n) is 10.3. The normalized spacial score (nSPS) is 11.8. The van der Waals surface area contributed by atoms with E-state index in [1.54, 1.807) is 7.11 Å². The molecule has 2 heterocycles. The molecule has 0 unspecified atom stereocenters. The van der Waals surface area contributed by atoms with E-state index < -0.39 is 6.04 Å². The number of nitrogens with zero attached hydrogens (tertiary/aromatic N) is 3. The first-order chi connectivity index (χ1) is 20.7. The first kappa shape index (κ1) is 27.0. The Morgan fingerprint density at radius 1 is 0.833 bits per heavy atom. The third kappa shape index (κ3) is 6.10. The molecular formula is C35H33N5O2. The molecule has 0 aliphatic heterocycles. The van der Waals surface area contributed by atoms with Crippen LogP contribution in [0.3, 0.4) is 0 Å². The lowest BCUT2D eigenvalue weighted by Gasteiger charge is -2.20. The van der Waals surface area contributed by atoms with Gasteiger partial charge in [-0.15, -0.1) is 10.2 Å². The zero-order chi connectivity index (χ0) is 28.7. The summed E-state index contributed by atoms with van der Waals surface area (Å²) in [7, 11) is 1.67. The first-order valence-electron chi connectivity index (χ1n) is 14.2. The van der Waals surface area contributed by atoms with Crippen molar-refractivity contribution in [3.05, 3.63) is 149 Å². The molecule has 42 heavy (non-hydrogen) atoms. The standard InChI is InChI=1S/C35H33N5O2/c1-42-29-19-16-26(17-20-29)24-40-33(21-18-25-10-4-2-5-11-25)38-39-34(40)32(37-35(41)27-12-6-3-7-13-27)22-28-23-36-31-15-9-8-14-30(28)31/h2-17,19-20,23,32,36H,18,21-22,24H2,1H3,(H,37,41)/t32-/m1/s1. The zero-order valence-corrected chi connectivity index (χ0v) is 23.5. The number of aromatic nitrogens is 4. The number of ether oxygens (including phenoxy) is 1. The molecule has 6 aromatic rings. The highest BCUT2D eigenvalue weighted by molar-refractivity contribution is 5.94. The number of para-hydroxylation sites is 1. The SMILES string of the molecule is COc1ccc(Cn2c(CCc3ccccc3)nnc2[C@@H](Cc2c[nH]c3ccccc23)NC(=O)c2ccccc2)cc1. The number of fused-ring (bicyclic) bond motifs is 1. The fraction of sp³-hybridized carbons (Fsp3) is 0.171. The van der Waals surface area contributed by atoms with E-state index in [4.69, 9.17) is 9.84 Å². The number of rotatable bonds is 11. The van der Waals surface area contributed by atoms with Crippen LogP contribution in [-0.4, -0.2) is 32.8 Å². The topological polar surface area (TPSA) is 84.8 Å². The number of aromatic amines is 1. The average molecular weight is 556 g/mol. The Balaban J connectivity index is 1.38. The predicted octanol–water partition coefficient (Wildman–Crippen LogP) is 6.32. The molecule has 7 nitrogen and oxygen atoms in total. The summed E-state index contributed by atoms with van der Waals surface area (Å²) in [5.74, 6) is 2.26. The molecule has 210 valence electrons. The number of amides is 1. The number of nitrogens with one attached hydrogen (secondary N) is 2. The smallest absolute Gasteiger partial charge is 0.251 e. The number of hydrogen-bond donors (Lipinski definition) is 2. The van der Waals surface area contributed by atoms with Gasteiger partial charge in [0.05, 0.1) is 19.7 Å². The Bertz CT molecular complexity index is 1760. The van der Waals surface area contributed by atoms with Gasteiger partial charge in [0.2, 0.25) is 0 Å². The fourth-order valence-corrected chi connectivity index (χ4v) is 5.34. The zero-order valence-electron chi connectivity index (χ0n) is 23.5. The molecule has 1 amide bonds. The highest BCUT2D eigenvalue weighted by Crippen LogP contribution is 2.26. The molecule has 2 aromatic heterocycles.